The first-order valence-corrected chi connectivity index (χ1v) is 10.5. The van der Waals surface area contributed by atoms with E-state index in [9.17, 15) is 13.6 Å². The number of halogens is 2. The minimum absolute atomic E-state index is 0.0118. The molecule has 0 aliphatic carbocycles. The zero-order valence-electron chi connectivity index (χ0n) is 14.4. The number of carbonyl (C=O) groups excluding carboxylic acids is 1. The Bertz CT molecular complexity index is 731. The van der Waals surface area contributed by atoms with E-state index in [1.807, 2.05) is 0 Å². The van der Waals surface area contributed by atoms with E-state index in [2.05, 4.69) is 39.0 Å². The molecule has 2 rings (SSSR count). The first-order valence-electron chi connectivity index (χ1n) is 7.60. The summed E-state index contributed by atoms with van der Waals surface area (Å²) >= 11 is 0. The molecule has 2 aromatic rings. The molecule has 0 N–H and O–H groups in total. The monoisotopic (exact) mass is 353 g/mol. The number of hydrogen-bond acceptors (Lipinski definition) is 4. The molecule has 0 aliphatic rings. The van der Waals surface area contributed by atoms with Crippen molar-refractivity contribution >= 4 is 14.6 Å². The average Bonchev–Trinajstić information content (AvgIpc) is 2.86. The third kappa shape index (κ3) is 3.46. The van der Waals surface area contributed by atoms with E-state index in [0.717, 1.165) is 12.1 Å². The molecule has 1 heterocycles. The SMILES string of the molecule is CC(C)(C)[Si](C)(C)OCc1onc(-c2c(F)cccc2F)c1C=O. The van der Waals surface area contributed by atoms with Crippen LogP contribution >= 0.6 is 0 Å². The summed E-state index contributed by atoms with van der Waals surface area (Å²) in [5.41, 5.74) is -0.505. The van der Waals surface area contributed by atoms with Gasteiger partial charge < -0.3 is 8.95 Å². The van der Waals surface area contributed by atoms with Crippen LogP contribution in [0.15, 0.2) is 22.7 Å². The van der Waals surface area contributed by atoms with Crippen molar-refractivity contribution in [2.24, 2.45) is 0 Å². The molecule has 0 bridgehead atoms. The number of nitrogens with zero attached hydrogens (tertiary/aromatic N) is 1. The number of hydrogen-bond donors (Lipinski definition) is 0. The van der Waals surface area contributed by atoms with Crippen molar-refractivity contribution in [2.75, 3.05) is 0 Å². The zero-order valence-corrected chi connectivity index (χ0v) is 15.4. The van der Waals surface area contributed by atoms with E-state index in [-0.39, 0.29) is 34.2 Å². The van der Waals surface area contributed by atoms with Gasteiger partial charge in [0.25, 0.3) is 0 Å². The Morgan fingerprint density at radius 3 is 2.33 bits per heavy atom. The van der Waals surface area contributed by atoms with Crippen LogP contribution < -0.4 is 0 Å². The predicted octanol–water partition coefficient (Wildman–Crippen LogP) is 4.95. The molecule has 1 aromatic carbocycles. The van der Waals surface area contributed by atoms with Gasteiger partial charge in [-0.2, -0.15) is 0 Å². The van der Waals surface area contributed by atoms with Gasteiger partial charge in [0.05, 0.1) is 17.7 Å². The van der Waals surface area contributed by atoms with E-state index in [1.165, 1.54) is 6.07 Å². The standard InChI is InChI=1S/C17H21F2NO3Si/c1-17(2,3)24(4,5)22-10-14-11(9-21)16(20-23-14)15-12(18)7-6-8-13(15)19/h6-9H,10H2,1-5H3. The summed E-state index contributed by atoms with van der Waals surface area (Å²) in [7, 11) is -2.07. The highest BCUT2D eigenvalue weighted by molar-refractivity contribution is 6.74. The Morgan fingerprint density at radius 1 is 1.25 bits per heavy atom. The van der Waals surface area contributed by atoms with Crippen LogP contribution in [0.1, 0.15) is 36.9 Å². The Balaban J connectivity index is 2.36. The molecular formula is C17H21F2NO3Si. The molecule has 0 unspecified atom stereocenters. The summed E-state index contributed by atoms with van der Waals surface area (Å²) in [6.07, 6.45) is 0.488. The van der Waals surface area contributed by atoms with Gasteiger partial charge in [0, 0.05) is 0 Å². The van der Waals surface area contributed by atoms with Gasteiger partial charge in [0.15, 0.2) is 20.4 Å². The maximum atomic E-state index is 13.9. The molecule has 0 amide bonds. The van der Waals surface area contributed by atoms with E-state index in [0.29, 0.717) is 6.29 Å². The summed E-state index contributed by atoms with van der Waals surface area (Å²) < 4.78 is 39.0. The first-order chi connectivity index (χ1) is 11.1. The zero-order chi connectivity index (χ0) is 18.1. The van der Waals surface area contributed by atoms with Crippen molar-refractivity contribution in [1.82, 2.24) is 5.16 Å². The lowest BCUT2D eigenvalue weighted by Crippen LogP contribution is -2.40. The van der Waals surface area contributed by atoms with Crippen molar-refractivity contribution in [1.29, 1.82) is 0 Å². The summed E-state index contributed by atoms with van der Waals surface area (Å²) in [6, 6.07) is 3.46. The second kappa shape index (κ2) is 6.56. The highest BCUT2D eigenvalue weighted by Crippen LogP contribution is 2.37. The summed E-state index contributed by atoms with van der Waals surface area (Å²) in [6.45, 7) is 10.4. The molecule has 0 atom stereocenters. The molecule has 7 heteroatoms. The summed E-state index contributed by atoms with van der Waals surface area (Å²) in [5, 5.41) is 3.67. The molecule has 1 aromatic heterocycles. The van der Waals surface area contributed by atoms with Gasteiger partial charge in [-0.15, -0.1) is 0 Å². The summed E-state index contributed by atoms with van der Waals surface area (Å²) in [5.74, 6) is -1.43. The maximum absolute atomic E-state index is 13.9. The lowest BCUT2D eigenvalue weighted by Gasteiger charge is -2.35. The molecule has 0 saturated carbocycles. The van der Waals surface area contributed by atoms with Gasteiger partial charge in [0.2, 0.25) is 0 Å². The fraction of sp³-hybridized carbons (Fsp3) is 0.412. The molecule has 0 aliphatic heterocycles. The number of aromatic nitrogens is 1. The second-order valence-corrected chi connectivity index (χ2v) is 11.9. The largest absolute Gasteiger partial charge is 0.409 e. The Labute approximate surface area is 140 Å². The Morgan fingerprint density at radius 2 is 1.83 bits per heavy atom. The van der Waals surface area contributed by atoms with Gasteiger partial charge in [0.1, 0.15) is 17.3 Å². The maximum Gasteiger partial charge on any atom is 0.192 e. The second-order valence-electron chi connectivity index (χ2n) is 7.13. The van der Waals surface area contributed by atoms with Crippen LogP contribution in [-0.4, -0.2) is 19.8 Å². The van der Waals surface area contributed by atoms with Crippen molar-refractivity contribution in [3.8, 4) is 11.3 Å². The van der Waals surface area contributed by atoms with Gasteiger partial charge in [-0.25, -0.2) is 8.78 Å². The Kier molecular flexibility index (Phi) is 5.05. The number of benzene rings is 1. The number of aldehydes is 1. The van der Waals surface area contributed by atoms with E-state index < -0.39 is 20.0 Å². The van der Waals surface area contributed by atoms with Crippen LogP contribution in [-0.2, 0) is 11.0 Å². The Hall–Kier alpha value is -1.86. The predicted molar refractivity (Wildman–Crippen MR) is 89.2 cm³/mol. The minimum atomic E-state index is -2.07. The van der Waals surface area contributed by atoms with E-state index in [4.69, 9.17) is 8.95 Å². The van der Waals surface area contributed by atoms with Gasteiger partial charge in [-0.1, -0.05) is 32.0 Å². The van der Waals surface area contributed by atoms with Gasteiger partial charge in [-0.3, -0.25) is 4.79 Å². The van der Waals surface area contributed by atoms with Gasteiger partial charge >= 0.3 is 0 Å². The molecule has 0 spiro atoms. The highest BCUT2D eigenvalue weighted by Gasteiger charge is 2.37. The number of carbonyl (C=O) groups is 1. The third-order valence-electron chi connectivity index (χ3n) is 4.49. The van der Waals surface area contributed by atoms with E-state index in [1.54, 1.807) is 0 Å². The smallest absolute Gasteiger partial charge is 0.192 e. The van der Waals surface area contributed by atoms with Crippen molar-refractivity contribution in [2.45, 2.75) is 45.5 Å². The van der Waals surface area contributed by atoms with Crippen LogP contribution in [0.25, 0.3) is 11.3 Å². The first kappa shape index (κ1) is 18.5. The van der Waals surface area contributed by atoms with Crippen molar-refractivity contribution in [3.05, 3.63) is 41.2 Å². The van der Waals surface area contributed by atoms with Crippen LogP contribution in [0.2, 0.25) is 18.1 Å². The number of rotatable bonds is 5. The fourth-order valence-corrected chi connectivity index (χ4v) is 2.85. The minimum Gasteiger partial charge on any atom is -0.409 e. The quantitative estimate of drug-likeness (QED) is 0.563. The van der Waals surface area contributed by atoms with Crippen molar-refractivity contribution in [3.63, 3.8) is 0 Å². The normalized spacial score (nSPS) is 12.5. The molecule has 0 radical (unpaired) electrons. The lowest BCUT2D eigenvalue weighted by atomic mass is 10.1. The van der Waals surface area contributed by atoms with Gasteiger partial charge in [-0.05, 0) is 30.3 Å². The van der Waals surface area contributed by atoms with Crippen molar-refractivity contribution < 1.29 is 22.5 Å². The topological polar surface area (TPSA) is 52.3 Å². The molecular weight excluding hydrogens is 332 g/mol. The molecule has 4 nitrogen and oxygen atoms in total. The molecule has 0 saturated heterocycles. The van der Waals surface area contributed by atoms with E-state index >= 15 is 0 Å². The summed E-state index contributed by atoms with van der Waals surface area (Å²) in [4.78, 5) is 11.4. The fourth-order valence-electron chi connectivity index (χ4n) is 1.92. The highest BCUT2D eigenvalue weighted by atomic mass is 28.4. The molecule has 0 fully saturated rings. The molecule has 130 valence electrons. The van der Waals surface area contributed by atoms with Crippen LogP contribution in [0, 0.1) is 11.6 Å². The lowest BCUT2D eigenvalue weighted by molar-refractivity contribution is 0.111. The third-order valence-corrected chi connectivity index (χ3v) is 8.97. The van der Waals surface area contributed by atoms with Crippen LogP contribution in [0.4, 0.5) is 8.78 Å². The average molecular weight is 353 g/mol. The van der Waals surface area contributed by atoms with Crippen LogP contribution in [0.5, 0.6) is 0 Å². The van der Waals surface area contributed by atoms with Crippen LogP contribution in [0.3, 0.4) is 0 Å². The molecule has 24 heavy (non-hydrogen) atoms.